The summed E-state index contributed by atoms with van der Waals surface area (Å²) in [5.41, 5.74) is 3.42. The molecule has 0 aromatic carbocycles. The molecule has 1 fully saturated rings. The Morgan fingerprint density at radius 1 is 1.45 bits per heavy atom. The normalized spacial score (nSPS) is 19.0. The van der Waals surface area contributed by atoms with Crippen molar-refractivity contribution in [2.24, 2.45) is 0 Å². The number of fused-ring (bicyclic) bond motifs is 1. The van der Waals surface area contributed by atoms with Crippen molar-refractivity contribution in [3.63, 3.8) is 0 Å². The molecule has 114 valence electrons. The summed E-state index contributed by atoms with van der Waals surface area (Å²) in [6.45, 7) is 3.58. The van der Waals surface area contributed by atoms with Crippen molar-refractivity contribution >= 4 is 33.4 Å². The molecule has 1 amide bonds. The molecule has 4 rings (SSSR count). The van der Waals surface area contributed by atoms with Crippen LogP contribution in [0.15, 0.2) is 22.5 Å². The molecule has 0 aliphatic carbocycles. The summed E-state index contributed by atoms with van der Waals surface area (Å²) in [6.07, 6.45) is 4.17. The molecule has 22 heavy (non-hydrogen) atoms. The van der Waals surface area contributed by atoms with Gasteiger partial charge in [-0.05, 0) is 19.8 Å². The number of aromatic nitrogens is 3. The first kappa shape index (κ1) is 13.9. The zero-order valence-electron chi connectivity index (χ0n) is 12.2. The highest BCUT2D eigenvalue weighted by Gasteiger charge is 2.29. The second kappa shape index (κ2) is 5.48. The number of aryl methyl sites for hydroxylation is 1. The third-order valence-electron chi connectivity index (χ3n) is 4.21. The molecule has 0 N–H and O–H groups in total. The highest BCUT2D eigenvalue weighted by molar-refractivity contribution is 7.15. The number of carbonyl (C=O) groups excluding carboxylic acids is 1. The van der Waals surface area contributed by atoms with Gasteiger partial charge in [-0.15, -0.1) is 22.7 Å². The van der Waals surface area contributed by atoms with Crippen LogP contribution in [0.1, 0.15) is 40.8 Å². The molecular weight excluding hydrogens is 316 g/mol. The summed E-state index contributed by atoms with van der Waals surface area (Å²) in [5, 5.41) is 3.92. The summed E-state index contributed by atoms with van der Waals surface area (Å²) < 4.78 is 2.14. The Bertz CT molecular complexity index is 805. The predicted octanol–water partition coefficient (Wildman–Crippen LogP) is 3.18. The molecule has 1 aliphatic rings. The van der Waals surface area contributed by atoms with Gasteiger partial charge in [0.15, 0.2) is 0 Å². The van der Waals surface area contributed by atoms with Crippen LogP contribution >= 0.6 is 22.7 Å². The summed E-state index contributed by atoms with van der Waals surface area (Å²) in [5.74, 6) is 1.39. The Morgan fingerprint density at radius 3 is 3.18 bits per heavy atom. The van der Waals surface area contributed by atoms with E-state index >= 15 is 0 Å². The van der Waals surface area contributed by atoms with Crippen molar-refractivity contribution in [2.75, 3.05) is 13.1 Å². The van der Waals surface area contributed by atoms with Crippen LogP contribution in [0, 0.1) is 6.92 Å². The van der Waals surface area contributed by atoms with Crippen molar-refractivity contribution in [2.45, 2.75) is 25.7 Å². The zero-order valence-corrected chi connectivity index (χ0v) is 13.9. The summed E-state index contributed by atoms with van der Waals surface area (Å²) in [7, 11) is 0. The number of hydrogen-bond donors (Lipinski definition) is 0. The van der Waals surface area contributed by atoms with Crippen molar-refractivity contribution < 1.29 is 4.79 Å². The third kappa shape index (κ3) is 2.24. The van der Waals surface area contributed by atoms with Gasteiger partial charge < -0.3 is 4.90 Å². The number of likely N-dealkylation sites (tertiary alicyclic amines) is 1. The van der Waals surface area contributed by atoms with Gasteiger partial charge in [-0.25, -0.2) is 9.97 Å². The second-order valence-electron chi connectivity index (χ2n) is 5.59. The van der Waals surface area contributed by atoms with Crippen LogP contribution in [0.2, 0.25) is 0 Å². The number of thiazole rings is 2. The third-order valence-corrected chi connectivity index (χ3v) is 5.68. The van der Waals surface area contributed by atoms with Gasteiger partial charge in [-0.1, -0.05) is 0 Å². The van der Waals surface area contributed by atoms with Gasteiger partial charge in [0, 0.05) is 36.0 Å². The molecule has 0 spiro atoms. The van der Waals surface area contributed by atoms with E-state index in [0.717, 1.165) is 37.4 Å². The fraction of sp³-hybridized carbons (Fsp3) is 0.400. The SMILES string of the molecule is Cc1nc([C@@H]2CCCN(C(=O)c3cscn3)C2)c2sccn12. The first-order valence-corrected chi connectivity index (χ1v) is 9.16. The Labute approximate surface area is 136 Å². The van der Waals surface area contributed by atoms with Crippen LogP contribution in [0.25, 0.3) is 4.83 Å². The minimum atomic E-state index is 0.0457. The van der Waals surface area contributed by atoms with E-state index in [2.05, 4.69) is 21.0 Å². The predicted molar refractivity (Wildman–Crippen MR) is 87.8 cm³/mol. The molecule has 4 heterocycles. The highest BCUT2D eigenvalue weighted by atomic mass is 32.1. The van der Waals surface area contributed by atoms with Gasteiger partial charge in [0.25, 0.3) is 5.91 Å². The van der Waals surface area contributed by atoms with Crippen molar-refractivity contribution in [1.29, 1.82) is 0 Å². The highest BCUT2D eigenvalue weighted by Crippen LogP contribution is 2.32. The Kier molecular flexibility index (Phi) is 3.46. The maximum Gasteiger partial charge on any atom is 0.273 e. The Morgan fingerprint density at radius 2 is 2.36 bits per heavy atom. The number of piperidine rings is 1. The zero-order chi connectivity index (χ0) is 15.1. The number of carbonyl (C=O) groups is 1. The quantitative estimate of drug-likeness (QED) is 0.724. The van der Waals surface area contributed by atoms with E-state index in [1.807, 2.05) is 17.2 Å². The summed E-state index contributed by atoms with van der Waals surface area (Å²) >= 11 is 3.18. The molecule has 7 heteroatoms. The number of rotatable bonds is 2. The van der Waals surface area contributed by atoms with Crippen LogP contribution < -0.4 is 0 Å². The number of imidazole rings is 1. The Balaban J connectivity index is 1.61. The monoisotopic (exact) mass is 332 g/mol. The molecule has 1 saturated heterocycles. The van der Waals surface area contributed by atoms with E-state index in [1.54, 1.807) is 16.8 Å². The van der Waals surface area contributed by atoms with E-state index in [0.29, 0.717) is 11.6 Å². The number of nitrogens with zero attached hydrogens (tertiary/aromatic N) is 4. The van der Waals surface area contributed by atoms with E-state index < -0.39 is 0 Å². The van der Waals surface area contributed by atoms with Gasteiger partial charge in [-0.2, -0.15) is 0 Å². The molecular formula is C15H16N4OS2. The van der Waals surface area contributed by atoms with E-state index in [1.165, 1.54) is 16.2 Å². The maximum atomic E-state index is 12.5. The van der Waals surface area contributed by atoms with Crippen molar-refractivity contribution in [3.05, 3.63) is 39.7 Å². The average Bonchev–Trinajstić information content (AvgIpc) is 3.26. The lowest BCUT2D eigenvalue weighted by Crippen LogP contribution is -2.39. The van der Waals surface area contributed by atoms with E-state index in [9.17, 15) is 4.79 Å². The average molecular weight is 332 g/mol. The van der Waals surface area contributed by atoms with Gasteiger partial charge in [0.2, 0.25) is 0 Å². The molecule has 5 nitrogen and oxygen atoms in total. The molecule has 0 bridgehead atoms. The molecule has 0 radical (unpaired) electrons. The number of hydrogen-bond acceptors (Lipinski definition) is 5. The van der Waals surface area contributed by atoms with Crippen molar-refractivity contribution in [1.82, 2.24) is 19.3 Å². The van der Waals surface area contributed by atoms with Gasteiger partial charge >= 0.3 is 0 Å². The second-order valence-corrected chi connectivity index (χ2v) is 7.20. The van der Waals surface area contributed by atoms with Gasteiger partial charge in [0.1, 0.15) is 16.3 Å². The van der Waals surface area contributed by atoms with E-state index in [4.69, 9.17) is 4.98 Å². The lowest BCUT2D eigenvalue weighted by atomic mass is 9.95. The fourth-order valence-corrected chi connectivity index (χ4v) is 4.60. The largest absolute Gasteiger partial charge is 0.337 e. The number of amides is 1. The smallest absolute Gasteiger partial charge is 0.273 e. The molecule has 1 atom stereocenters. The lowest BCUT2D eigenvalue weighted by molar-refractivity contribution is 0.0701. The standard InChI is InChI=1S/C15H16N4OS2/c1-10-17-13(15-19(10)5-6-22-15)11-3-2-4-18(7-11)14(20)12-8-21-9-16-12/h5-6,8-9,11H,2-4,7H2,1H3/t11-/m1/s1. The molecule has 3 aromatic rings. The fourth-order valence-electron chi connectivity index (χ4n) is 3.13. The molecule has 0 saturated carbocycles. The summed E-state index contributed by atoms with van der Waals surface area (Å²) in [6, 6.07) is 0. The van der Waals surface area contributed by atoms with Crippen LogP contribution in [0.3, 0.4) is 0 Å². The maximum absolute atomic E-state index is 12.5. The van der Waals surface area contributed by atoms with Crippen LogP contribution in [0.4, 0.5) is 0 Å². The molecule has 3 aromatic heterocycles. The minimum absolute atomic E-state index is 0.0457. The molecule has 0 unspecified atom stereocenters. The van der Waals surface area contributed by atoms with Gasteiger partial charge in [0.05, 0.1) is 11.2 Å². The van der Waals surface area contributed by atoms with Crippen LogP contribution in [-0.4, -0.2) is 38.3 Å². The minimum Gasteiger partial charge on any atom is -0.337 e. The lowest BCUT2D eigenvalue weighted by Gasteiger charge is -2.31. The van der Waals surface area contributed by atoms with Crippen LogP contribution in [0.5, 0.6) is 0 Å². The van der Waals surface area contributed by atoms with Gasteiger partial charge in [-0.3, -0.25) is 9.20 Å². The van der Waals surface area contributed by atoms with Crippen molar-refractivity contribution in [3.8, 4) is 0 Å². The summed E-state index contributed by atoms with van der Waals surface area (Å²) in [4.78, 5) is 24.5. The van der Waals surface area contributed by atoms with Crippen LogP contribution in [-0.2, 0) is 0 Å². The van der Waals surface area contributed by atoms with E-state index in [-0.39, 0.29) is 5.91 Å². The Hall–Kier alpha value is -1.73. The topological polar surface area (TPSA) is 50.5 Å². The molecule has 1 aliphatic heterocycles. The first-order valence-electron chi connectivity index (χ1n) is 7.33. The first-order chi connectivity index (χ1) is 10.7.